The highest BCUT2D eigenvalue weighted by atomic mass is 35.5. The van der Waals surface area contributed by atoms with Gasteiger partial charge in [-0.05, 0) is 42.3 Å². The van der Waals surface area contributed by atoms with Crippen LogP contribution in [0.25, 0.3) is 0 Å². The molecule has 3 rings (SSSR count). The van der Waals surface area contributed by atoms with Gasteiger partial charge in [0, 0.05) is 10.7 Å². The van der Waals surface area contributed by atoms with E-state index in [-0.39, 0.29) is 18.2 Å². The van der Waals surface area contributed by atoms with Crippen molar-refractivity contribution in [2.75, 3.05) is 10.2 Å². The molecular formula is C18H17ClN2O2. The summed E-state index contributed by atoms with van der Waals surface area (Å²) in [5, 5.41) is 3.74. The first-order chi connectivity index (χ1) is 11.1. The van der Waals surface area contributed by atoms with Gasteiger partial charge in [-0.1, -0.05) is 36.7 Å². The third kappa shape index (κ3) is 3.08. The van der Waals surface area contributed by atoms with Crippen molar-refractivity contribution in [1.82, 2.24) is 0 Å². The first-order valence-corrected chi connectivity index (χ1v) is 7.94. The topological polar surface area (TPSA) is 49.4 Å². The van der Waals surface area contributed by atoms with E-state index in [1.54, 1.807) is 24.3 Å². The van der Waals surface area contributed by atoms with Crippen LogP contribution < -0.4 is 10.2 Å². The number of hydrogen-bond donors (Lipinski definition) is 1. The van der Waals surface area contributed by atoms with Crippen molar-refractivity contribution in [1.29, 1.82) is 0 Å². The first kappa shape index (κ1) is 15.6. The highest BCUT2D eigenvalue weighted by Gasteiger charge is 2.40. The van der Waals surface area contributed by atoms with Crippen LogP contribution in [-0.4, -0.2) is 17.9 Å². The van der Waals surface area contributed by atoms with E-state index >= 15 is 0 Å². The molecular weight excluding hydrogens is 312 g/mol. The first-order valence-electron chi connectivity index (χ1n) is 7.57. The van der Waals surface area contributed by atoms with Gasteiger partial charge in [0.25, 0.3) is 5.91 Å². The Balaban J connectivity index is 1.84. The summed E-state index contributed by atoms with van der Waals surface area (Å²) < 4.78 is 0. The molecule has 1 fully saturated rings. The number of aryl methyl sites for hydroxylation is 1. The van der Waals surface area contributed by atoms with Gasteiger partial charge < -0.3 is 5.32 Å². The fourth-order valence-corrected chi connectivity index (χ4v) is 2.90. The van der Waals surface area contributed by atoms with Gasteiger partial charge in [-0.2, -0.15) is 0 Å². The lowest BCUT2D eigenvalue weighted by atomic mass is 10.1. The van der Waals surface area contributed by atoms with E-state index in [4.69, 9.17) is 11.6 Å². The van der Waals surface area contributed by atoms with E-state index in [1.807, 2.05) is 31.2 Å². The molecule has 1 atom stereocenters. The van der Waals surface area contributed by atoms with Gasteiger partial charge in [0.15, 0.2) is 0 Å². The second kappa shape index (κ2) is 6.42. The summed E-state index contributed by atoms with van der Waals surface area (Å²) in [5.41, 5.74) is 2.44. The zero-order chi connectivity index (χ0) is 16.4. The maximum absolute atomic E-state index is 12.7. The molecule has 1 N–H and O–H groups in total. The Morgan fingerprint density at radius 1 is 1.13 bits per heavy atom. The molecule has 1 aliphatic rings. The molecule has 0 spiro atoms. The van der Waals surface area contributed by atoms with Crippen LogP contribution in [0.4, 0.5) is 11.4 Å². The fraction of sp³-hybridized carbons (Fsp3) is 0.222. The lowest BCUT2D eigenvalue weighted by molar-refractivity contribution is -0.121. The lowest BCUT2D eigenvalue weighted by Crippen LogP contribution is -2.35. The highest BCUT2D eigenvalue weighted by molar-refractivity contribution is 6.30. The summed E-state index contributed by atoms with van der Waals surface area (Å²) in [6.07, 6.45) is 0.919. The van der Waals surface area contributed by atoms with Crippen LogP contribution >= 0.6 is 11.6 Å². The van der Waals surface area contributed by atoms with Gasteiger partial charge in [0.2, 0.25) is 5.91 Å². The molecule has 2 aromatic rings. The molecule has 5 heteroatoms. The van der Waals surface area contributed by atoms with Crippen LogP contribution in [-0.2, 0) is 16.0 Å². The van der Waals surface area contributed by atoms with E-state index in [9.17, 15) is 9.59 Å². The average Bonchev–Trinajstić information content (AvgIpc) is 2.83. The van der Waals surface area contributed by atoms with Crippen LogP contribution in [0.1, 0.15) is 18.9 Å². The van der Waals surface area contributed by atoms with Crippen molar-refractivity contribution in [3.8, 4) is 0 Å². The highest BCUT2D eigenvalue weighted by Crippen LogP contribution is 2.28. The van der Waals surface area contributed by atoms with Gasteiger partial charge in [-0.25, -0.2) is 4.90 Å². The second-order valence-electron chi connectivity index (χ2n) is 5.46. The quantitative estimate of drug-likeness (QED) is 0.872. The maximum atomic E-state index is 12.7. The summed E-state index contributed by atoms with van der Waals surface area (Å²) >= 11 is 5.86. The molecule has 1 saturated heterocycles. The number of carbonyl (C=O) groups excluding carboxylic acids is 2. The average molecular weight is 329 g/mol. The van der Waals surface area contributed by atoms with E-state index in [0.29, 0.717) is 10.7 Å². The molecule has 23 heavy (non-hydrogen) atoms. The minimum absolute atomic E-state index is 0.152. The lowest BCUT2D eigenvalue weighted by Gasteiger charge is -2.19. The second-order valence-corrected chi connectivity index (χ2v) is 5.89. The summed E-state index contributed by atoms with van der Waals surface area (Å²) in [6, 6.07) is 14.0. The predicted octanol–water partition coefficient (Wildman–Crippen LogP) is 3.65. The Morgan fingerprint density at radius 2 is 1.83 bits per heavy atom. The van der Waals surface area contributed by atoms with Gasteiger partial charge in [0.1, 0.15) is 6.04 Å². The van der Waals surface area contributed by atoms with Gasteiger partial charge in [-0.15, -0.1) is 0 Å². The number of anilines is 2. The molecule has 0 bridgehead atoms. The third-order valence-electron chi connectivity index (χ3n) is 3.95. The van der Waals surface area contributed by atoms with Crippen molar-refractivity contribution >= 4 is 34.8 Å². The van der Waals surface area contributed by atoms with Crippen LogP contribution in [0.5, 0.6) is 0 Å². The zero-order valence-electron chi connectivity index (χ0n) is 12.8. The molecule has 0 saturated carbocycles. The van der Waals surface area contributed by atoms with E-state index in [0.717, 1.165) is 17.7 Å². The Kier molecular flexibility index (Phi) is 4.35. The largest absolute Gasteiger partial charge is 0.373 e. The molecule has 4 nitrogen and oxygen atoms in total. The molecule has 1 heterocycles. The zero-order valence-corrected chi connectivity index (χ0v) is 13.5. The molecule has 2 amide bonds. The molecule has 0 unspecified atom stereocenters. The molecule has 0 aliphatic carbocycles. The summed E-state index contributed by atoms with van der Waals surface area (Å²) in [4.78, 5) is 26.3. The number of carbonyl (C=O) groups is 2. The number of benzene rings is 2. The smallest absolute Gasteiger partial charge is 0.256 e. The molecule has 2 aromatic carbocycles. The van der Waals surface area contributed by atoms with Crippen LogP contribution in [0, 0.1) is 0 Å². The van der Waals surface area contributed by atoms with Crippen molar-refractivity contribution < 1.29 is 9.59 Å². The van der Waals surface area contributed by atoms with Crippen LogP contribution in [0.3, 0.4) is 0 Å². The van der Waals surface area contributed by atoms with Gasteiger partial charge in [0.05, 0.1) is 12.1 Å². The summed E-state index contributed by atoms with van der Waals surface area (Å²) in [7, 11) is 0. The predicted molar refractivity (Wildman–Crippen MR) is 91.8 cm³/mol. The number of nitrogens with one attached hydrogen (secondary N) is 1. The molecule has 1 aliphatic heterocycles. The van der Waals surface area contributed by atoms with Crippen molar-refractivity contribution in [3.05, 3.63) is 59.1 Å². The number of rotatable bonds is 4. The third-order valence-corrected chi connectivity index (χ3v) is 4.20. The number of halogens is 1. The molecule has 0 aromatic heterocycles. The Hall–Kier alpha value is -2.33. The summed E-state index contributed by atoms with van der Waals surface area (Å²) in [6.45, 7) is 2.01. The van der Waals surface area contributed by atoms with E-state index < -0.39 is 6.04 Å². The van der Waals surface area contributed by atoms with Gasteiger partial charge >= 0.3 is 0 Å². The van der Waals surface area contributed by atoms with Crippen LogP contribution in [0.2, 0.25) is 5.02 Å². The minimum Gasteiger partial charge on any atom is -0.373 e. The number of para-hydroxylation sites is 1. The Bertz CT molecular complexity index is 743. The standard InChI is InChI=1S/C18H17ClN2O2/c1-2-12-5-3-4-6-16(12)21-17(22)11-15(18(21)23)20-14-9-7-13(19)8-10-14/h3-10,15,20H,2,11H2,1H3/t15-/m1/s1. The monoisotopic (exact) mass is 328 g/mol. The van der Waals surface area contributed by atoms with Crippen molar-refractivity contribution in [2.45, 2.75) is 25.8 Å². The van der Waals surface area contributed by atoms with E-state index in [1.165, 1.54) is 4.90 Å². The Morgan fingerprint density at radius 3 is 2.52 bits per heavy atom. The number of nitrogens with zero attached hydrogens (tertiary/aromatic N) is 1. The SMILES string of the molecule is CCc1ccccc1N1C(=O)C[C@@H](Nc2ccc(Cl)cc2)C1=O. The van der Waals surface area contributed by atoms with Crippen LogP contribution in [0.15, 0.2) is 48.5 Å². The van der Waals surface area contributed by atoms with Gasteiger partial charge in [-0.3, -0.25) is 9.59 Å². The van der Waals surface area contributed by atoms with Crippen molar-refractivity contribution in [2.24, 2.45) is 0 Å². The number of imide groups is 1. The van der Waals surface area contributed by atoms with E-state index in [2.05, 4.69) is 5.32 Å². The minimum atomic E-state index is -0.548. The number of hydrogen-bond acceptors (Lipinski definition) is 3. The van der Waals surface area contributed by atoms with Crippen molar-refractivity contribution in [3.63, 3.8) is 0 Å². The fourth-order valence-electron chi connectivity index (χ4n) is 2.77. The number of amides is 2. The molecule has 118 valence electrons. The maximum Gasteiger partial charge on any atom is 0.256 e. The normalized spacial score (nSPS) is 17.7. The molecule has 0 radical (unpaired) electrons. The summed E-state index contributed by atoms with van der Waals surface area (Å²) in [5.74, 6) is -0.395. The Labute approximate surface area is 140 Å².